The standard InChI is InChI=1S/C11H15NO3/c1-6-3-8(9(12)4-13)11-10(7(6)2)14-5-15-11/h3,9,13H,4-5,12H2,1-2H3. The fourth-order valence-electron chi connectivity index (χ4n) is 1.73. The van der Waals surface area contributed by atoms with Crippen LogP contribution in [0, 0.1) is 13.8 Å². The topological polar surface area (TPSA) is 64.7 Å². The molecule has 4 heteroatoms. The highest BCUT2D eigenvalue weighted by molar-refractivity contribution is 5.57. The Kier molecular flexibility index (Phi) is 2.54. The second-order valence-corrected chi connectivity index (χ2v) is 3.76. The minimum absolute atomic E-state index is 0.0989. The van der Waals surface area contributed by atoms with Gasteiger partial charge < -0.3 is 20.3 Å². The lowest BCUT2D eigenvalue weighted by atomic mass is 9.99. The van der Waals surface area contributed by atoms with Gasteiger partial charge in [-0.05, 0) is 25.0 Å². The van der Waals surface area contributed by atoms with E-state index in [1.165, 1.54) is 0 Å². The molecule has 1 unspecified atom stereocenters. The molecule has 0 radical (unpaired) electrons. The lowest BCUT2D eigenvalue weighted by molar-refractivity contribution is 0.171. The Balaban J connectivity index is 2.57. The number of aliphatic hydroxyl groups is 1. The SMILES string of the molecule is Cc1cc(C(N)CO)c2c(c1C)OCO2. The molecular formula is C11H15NO3. The van der Waals surface area contributed by atoms with E-state index in [0.29, 0.717) is 5.75 Å². The number of hydrogen-bond acceptors (Lipinski definition) is 4. The zero-order chi connectivity index (χ0) is 11.0. The highest BCUT2D eigenvalue weighted by Gasteiger charge is 2.24. The molecule has 0 saturated carbocycles. The average molecular weight is 209 g/mol. The molecule has 0 aliphatic carbocycles. The first-order valence-corrected chi connectivity index (χ1v) is 4.91. The van der Waals surface area contributed by atoms with Gasteiger partial charge in [0.15, 0.2) is 11.5 Å². The third-order valence-electron chi connectivity index (χ3n) is 2.78. The average Bonchev–Trinajstić information content (AvgIpc) is 2.71. The van der Waals surface area contributed by atoms with Crippen LogP contribution in [0.15, 0.2) is 6.07 Å². The Hall–Kier alpha value is -1.26. The van der Waals surface area contributed by atoms with Crippen molar-refractivity contribution < 1.29 is 14.6 Å². The molecule has 3 N–H and O–H groups in total. The summed E-state index contributed by atoms with van der Waals surface area (Å²) >= 11 is 0. The minimum Gasteiger partial charge on any atom is -0.453 e. The van der Waals surface area contributed by atoms with Crippen molar-refractivity contribution in [3.8, 4) is 11.5 Å². The van der Waals surface area contributed by atoms with Crippen molar-refractivity contribution in [2.75, 3.05) is 13.4 Å². The van der Waals surface area contributed by atoms with Crippen molar-refractivity contribution in [3.63, 3.8) is 0 Å². The smallest absolute Gasteiger partial charge is 0.231 e. The van der Waals surface area contributed by atoms with Crippen LogP contribution in [-0.4, -0.2) is 18.5 Å². The molecule has 82 valence electrons. The lowest BCUT2D eigenvalue weighted by Crippen LogP contribution is -2.15. The van der Waals surface area contributed by atoms with Gasteiger partial charge in [-0.1, -0.05) is 6.07 Å². The maximum absolute atomic E-state index is 9.06. The number of nitrogens with two attached hydrogens (primary N) is 1. The second-order valence-electron chi connectivity index (χ2n) is 3.76. The molecule has 4 nitrogen and oxygen atoms in total. The lowest BCUT2D eigenvalue weighted by Gasteiger charge is -2.14. The Morgan fingerprint density at radius 3 is 2.73 bits per heavy atom. The van der Waals surface area contributed by atoms with Crippen LogP contribution in [0.4, 0.5) is 0 Å². The summed E-state index contributed by atoms with van der Waals surface area (Å²) in [4.78, 5) is 0. The molecule has 1 aliphatic heterocycles. The van der Waals surface area contributed by atoms with Crippen molar-refractivity contribution >= 4 is 0 Å². The van der Waals surface area contributed by atoms with Gasteiger partial charge in [-0.25, -0.2) is 0 Å². The molecule has 1 aliphatic rings. The molecule has 0 saturated heterocycles. The number of aryl methyl sites for hydroxylation is 1. The number of benzene rings is 1. The van der Waals surface area contributed by atoms with Crippen LogP contribution in [0.2, 0.25) is 0 Å². The predicted molar refractivity (Wildman–Crippen MR) is 56.1 cm³/mol. The van der Waals surface area contributed by atoms with E-state index in [2.05, 4.69) is 0 Å². The van der Waals surface area contributed by atoms with Crippen LogP contribution < -0.4 is 15.2 Å². The van der Waals surface area contributed by atoms with Crippen molar-refractivity contribution in [3.05, 3.63) is 22.8 Å². The van der Waals surface area contributed by atoms with Crippen LogP contribution in [0.5, 0.6) is 11.5 Å². The van der Waals surface area contributed by atoms with Crippen molar-refractivity contribution in [2.24, 2.45) is 5.73 Å². The van der Waals surface area contributed by atoms with Gasteiger partial charge in [0.1, 0.15) is 0 Å². The van der Waals surface area contributed by atoms with Gasteiger partial charge in [0.2, 0.25) is 6.79 Å². The first-order valence-electron chi connectivity index (χ1n) is 4.91. The van der Waals surface area contributed by atoms with Crippen LogP contribution in [0.25, 0.3) is 0 Å². The van der Waals surface area contributed by atoms with Crippen molar-refractivity contribution in [1.82, 2.24) is 0 Å². The van der Waals surface area contributed by atoms with Gasteiger partial charge in [-0.15, -0.1) is 0 Å². The summed E-state index contributed by atoms with van der Waals surface area (Å²) in [7, 11) is 0. The van der Waals surface area contributed by atoms with Crippen LogP contribution in [-0.2, 0) is 0 Å². The van der Waals surface area contributed by atoms with Gasteiger partial charge in [0, 0.05) is 5.56 Å². The van der Waals surface area contributed by atoms with E-state index in [1.54, 1.807) is 0 Å². The van der Waals surface area contributed by atoms with E-state index in [9.17, 15) is 0 Å². The van der Waals surface area contributed by atoms with Gasteiger partial charge in [0.05, 0.1) is 12.6 Å². The van der Waals surface area contributed by atoms with Crippen LogP contribution >= 0.6 is 0 Å². The Labute approximate surface area is 88.6 Å². The van der Waals surface area contributed by atoms with Crippen molar-refractivity contribution in [1.29, 1.82) is 0 Å². The highest BCUT2D eigenvalue weighted by atomic mass is 16.7. The molecule has 0 fully saturated rings. The monoisotopic (exact) mass is 209 g/mol. The van der Waals surface area contributed by atoms with Gasteiger partial charge in [0.25, 0.3) is 0 Å². The third-order valence-corrected chi connectivity index (χ3v) is 2.78. The van der Waals surface area contributed by atoms with E-state index in [1.807, 2.05) is 19.9 Å². The molecule has 1 heterocycles. The quantitative estimate of drug-likeness (QED) is 0.763. The number of fused-ring (bicyclic) bond motifs is 1. The molecule has 1 atom stereocenters. The maximum atomic E-state index is 9.06. The summed E-state index contributed by atoms with van der Waals surface area (Å²) in [5.74, 6) is 1.44. The van der Waals surface area contributed by atoms with E-state index in [0.717, 1.165) is 22.4 Å². The maximum Gasteiger partial charge on any atom is 0.231 e. The summed E-state index contributed by atoms with van der Waals surface area (Å²) in [6, 6.07) is 1.53. The summed E-state index contributed by atoms with van der Waals surface area (Å²) in [6.45, 7) is 4.10. The Bertz CT molecular complexity index is 390. The van der Waals surface area contributed by atoms with E-state index >= 15 is 0 Å². The number of rotatable bonds is 2. The summed E-state index contributed by atoms with van der Waals surface area (Å²) in [6.07, 6.45) is 0. The first-order chi connectivity index (χ1) is 7.15. The third kappa shape index (κ3) is 1.56. The first kappa shape index (κ1) is 10.3. The van der Waals surface area contributed by atoms with Crippen LogP contribution in [0.1, 0.15) is 22.7 Å². The molecule has 1 aromatic carbocycles. The van der Waals surface area contributed by atoms with Crippen LogP contribution in [0.3, 0.4) is 0 Å². The van der Waals surface area contributed by atoms with E-state index < -0.39 is 6.04 Å². The molecule has 0 spiro atoms. The normalized spacial score (nSPS) is 15.5. The highest BCUT2D eigenvalue weighted by Crippen LogP contribution is 2.42. The summed E-state index contributed by atoms with van der Waals surface area (Å²) in [5.41, 5.74) is 8.78. The van der Waals surface area contributed by atoms with E-state index in [-0.39, 0.29) is 13.4 Å². The summed E-state index contributed by atoms with van der Waals surface area (Å²) in [5, 5.41) is 9.06. The molecule has 0 amide bonds. The Morgan fingerprint density at radius 1 is 1.40 bits per heavy atom. The Morgan fingerprint density at radius 2 is 2.07 bits per heavy atom. The van der Waals surface area contributed by atoms with Gasteiger partial charge in [-0.2, -0.15) is 0 Å². The number of ether oxygens (including phenoxy) is 2. The molecule has 2 rings (SSSR count). The van der Waals surface area contributed by atoms with E-state index in [4.69, 9.17) is 20.3 Å². The molecule has 1 aromatic rings. The molecule has 0 bridgehead atoms. The molecule has 15 heavy (non-hydrogen) atoms. The van der Waals surface area contributed by atoms with Gasteiger partial charge >= 0.3 is 0 Å². The zero-order valence-corrected chi connectivity index (χ0v) is 8.91. The molecule has 0 aromatic heterocycles. The predicted octanol–water partition coefficient (Wildman–Crippen LogP) is 1.02. The van der Waals surface area contributed by atoms with Gasteiger partial charge in [-0.3, -0.25) is 0 Å². The zero-order valence-electron chi connectivity index (χ0n) is 8.91. The van der Waals surface area contributed by atoms with Crippen molar-refractivity contribution in [2.45, 2.75) is 19.9 Å². The fourth-order valence-corrected chi connectivity index (χ4v) is 1.73. The minimum atomic E-state index is -0.417. The molecular weight excluding hydrogens is 194 g/mol. The summed E-state index contributed by atoms with van der Waals surface area (Å²) < 4.78 is 10.8. The largest absolute Gasteiger partial charge is 0.453 e. The second kappa shape index (κ2) is 3.72. The fraction of sp³-hybridized carbons (Fsp3) is 0.455. The number of aliphatic hydroxyl groups excluding tert-OH is 1. The number of hydrogen-bond donors (Lipinski definition) is 2.